The average Bonchev–Trinajstić information content (AvgIpc) is 2.79. The number of hydrogen-bond acceptors (Lipinski definition) is 5. The fraction of sp³-hybridized carbons (Fsp3) is 0.385. The van der Waals surface area contributed by atoms with E-state index in [0.29, 0.717) is 6.04 Å². The molecular formula is C26H33NO7. The Labute approximate surface area is 199 Å². The summed E-state index contributed by atoms with van der Waals surface area (Å²) < 4.78 is 0. The van der Waals surface area contributed by atoms with Gasteiger partial charge in [0.2, 0.25) is 0 Å². The van der Waals surface area contributed by atoms with Crippen molar-refractivity contribution in [2.45, 2.75) is 63.0 Å². The van der Waals surface area contributed by atoms with Gasteiger partial charge in [0, 0.05) is 6.04 Å². The molecule has 0 saturated carbocycles. The lowest BCUT2D eigenvalue weighted by atomic mass is 9.96. The molecule has 184 valence electrons. The number of rotatable bonds is 14. The molecule has 0 spiro atoms. The molecule has 0 aliphatic heterocycles. The highest BCUT2D eigenvalue weighted by molar-refractivity contribution is 5.88. The Kier molecular flexibility index (Phi) is 12.9. The van der Waals surface area contributed by atoms with E-state index in [1.807, 2.05) is 0 Å². The highest BCUT2D eigenvalue weighted by Gasteiger charge is 2.40. The van der Waals surface area contributed by atoms with Gasteiger partial charge in [-0.05, 0) is 56.4 Å². The second-order valence-electron chi connectivity index (χ2n) is 8.07. The lowest BCUT2D eigenvalue weighted by Crippen LogP contribution is -2.42. The van der Waals surface area contributed by atoms with Crippen LogP contribution in [-0.2, 0) is 27.2 Å². The molecular weight excluding hydrogens is 438 g/mol. The first-order valence-corrected chi connectivity index (χ1v) is 11.1. The summed E-state index contributed by atoms with van der Waals surface area (Å²) in [4.78, 5) is 34.8. The van der Waals surface area contributed by atoms with E-state index in [0.717, 1.165) is 25.7 Å². The summed E-state index contributed by atoms with van der Waals surface area (Å²) in [5, 5.41) is 33.8. The zero-order valence-corrected chi connectivity index (χ0v) is 19.2. The summed E-state index contributed by atoms with van der Waals surface area (Å²) in [6, 6.07) is 21.8. The number of aliphatic hydroxyl groups is 1. The Morgan fingerprint density at radius 2 is 1.15 bits per heavy atom. The minimum absolute atomic E-state index is 0.414. The van der Waals surface area contributed by atoms with E-state index in [-0.39, 0.29) is 0 Å². The van der Waals surface area contributed by atoms with Crippen LogP contribution in [0.1, 0.15) is 49.7 Å². The van der Waals surface area contributed by atoms with Crippen LogP contribution in [0.15, 0.2) is 65.7 Å². The van der Waals surface area contributed by atoms with Gasteiger partial charge in [-0.3, -0.25) is 14.6 Å². The number of carboxylic acid groups (broad SMARTS) is 3. The molecule has 0 aliphatic rings. The van der Waals surface area contributed by atoms with Gasteiger partial charge in [-0.1, -0.05) is 60.7 Å². The van der Waals surface area contributed by atoms with Crippen LogP contribution < -0.4 is 0 Å². The van der Waals surface area contributed by atoms with Gasteiger partial charge in [0.1, 0.15) is 0 Å². The standard InChI is InChI=1S/C20H25N.C6H8O7/c1-21-20(16-8-14-18-10-4-2-5-11-18)17-9-15-19-12-6-3-7-13-19;7-3(8)1-6(13,5(11)12)2-4(9)10/h2-7,10-13,20H,1,8-9,14-17H2;13H,1-2H2,(H,7,8)(H,9,10)(H,11,12). The van der Waals surface area contributed by atoms with Crippen molar-refractivity contribution in [1.82, 2.24) is 0 Å². The molecule has 0 heterocycles. The third-order valence-electron chi connectivity index (χ3n) is 5.23. The zero-order chi connectivity index (χ0) is 25.4. The fourth-order valence-electron chi connectivity index (χ4n) is 3.41. The van der Waals surface area contributed by atoms with E-state index in [4.69, 9.17) is 20.4 Å². The van der Waals surface area contributed by atoms with E-state index in [1.54, 1.807) is 0 Å². The van der Waals surface area contributed by atoms with Gasteiger partial charge in [0.15, 0.2) is 5.60 Å². The molecule has 0 amide bonds. The third kappa shape index (κ3) is 11.9. The number of hydrogen-bond donors (Lipinski definition) is 4. The van der Waals surface area contributed by atoms with Crippen LogP contribution in [0.25, 0.3) is 0 Å². The lowest BCUT2D eigenvalue weighted by molar-refractivity contribution is -0.170. The molecule has 2 rings (SSSR count). The van der Waals surface area contributed by atoms with Crippen molar-refractivity contribution in [3.63, 3.8) is 0 Å². The van der Waals surface area contributed by atoms with Crippen LogP contribution in [0, 0.1) is 0 Å². The first-order valence-electron chi connectivity index (χ1n) is 11.1. The van der Waals surface area contributed by atoms with E-state index in [9.17, 15) is 14.4 Å². The van der Waals surface area contributed by atoms with E-state index < -0.39 is 36.4 Å². The van der Waals surface area contributed by atoms with Gasteiger partial charge >= 0.3 is 17.9 Å². The fourth-order valence-corrected chi connectivity index (χ4v) is 3.41. The van der Waals surface area contributed by atoms with E-state index >= 15 is 0 Å². The van der Waals surface area contributed by atoms with Gasteiger partial charge in [-0.25, -0.2) is 4.79 Å². The maximum Gasteiger partial charge on any atom is 0.336 e. The Morgan fingerprint density at radius 1 is 0.765 bits per heavy atom. The Hall–Kier alpha value is -3.52. The number of aryl methyl sites for hydroxylation is 2. The third-order valence-corrected chi connectivity index (χ3v) is 5.23. The molecule has 8 heteroatoms. The van der Waals surface area contributed by atoms with E-state index in [2.05, 4.69) is 72.4 Å². The predicted octanol–water partition coefficient (Wildman–Crippen LogP) is 3.85. The molecule has 0 bridgehead atoms. The molecule has 34 heavy (non-hydrogen) atoms. The largest absolute Gasteiger partial charge is 0.481 e. The van der Waals surface area contributed by atoms with Gasteiger partial charge < -0.3 is 20.4 Å². The van der Waals surface area contributed by atoms with Crippen LogP contribution in [-0.4, -0.2) is 56.7 Å². The summed E-state index contributed by atoms with van der Waals surface area (Å²) in [7, 11) is 0. The predicted molar refractivity (Wildman–Crippen MR) is 129 cm³/mol. The number of carboxylic acids is 3. The molecule has 0 fully saturated rings. The van der Waals surface area contributed by atoms with Crippen molar-refractivity contribution < 1.29 is 34.8 Å². The molecule has 0 saturated heterocycles. The van der Waals surface area contributed by atoms with Crippen LogP contribution >= 0.6 is 0 Å². The number of aliphatic imine (C=N–C) groups is 1. The summed E-state index contributed by atoms with van der Waals surface area (Å²) in [6.07, 6.45) is 4.68. The maximum absolute atomic E-state index is 10.3. The molecule has 0 unspecified atom stereocenters. The molecule has 0 radical (unpaired) electrons. The van der Waals surface area contributed by atoms with Crippen molar-refractivity contribution in [3.05, 3.63) is 71.8 Å². The molecule has 0 aromatic heterocycles. The molecule has 0 aliphatic carbocycles. The van der Waals surface area contributed by atoms with Gasteiger partial charge in [0.05, 0.1) is 12.8 Å². The van der Waals surface area contributed by atoms with E-state index in [1.165, 1.54) is 24.0 Å². The van der Waals surface area contributed by atoms with Crippen molar-refractivity contribution in [2.75, 3.05) is 0 Å². The van der Waals surface area contributed by atoms with Crippen molar-refractivity contribution in [3.8, 4) is 0 Å². The molecule has 2 aromatic carbocycles. The zero-order valence-electron chi connectivity index (χ0n) is 19.2. The second-order valence-corrected chi connectivity index (χ2v) is 8.07. The smallest absolute Gasteiger partial charge is 0.336 e. The van der Waals surface area contributed by atoms with Gasteiger partial charge in [0.25, 0.3) is 0 Å². The number of aliphatic carboxylic acids is 3. The lowest BCUT2D eigenvalue weighted by Gasteiger charge is -2.18. The quantitative estimate of drug-likeness (QED) is 0.306. The Bertz CT molecular complexity index is 838. The summed E-state index contributed by atoms with van der Waals surface area (Å²) in [6.45, 7) is 3.76. The summed E-state index contributed by atoms with van der Waals surface area (Å²) in [5.41, 5.74) is 0.103. The van der Waals surface area contributed by atoms with Crippen LogP contribution in [0.5, 0.6) is 0 Å². The summed E-state index contributed by atoms with van der Waals surface area (Å²) in [5.74, 6) is -5.02. The molecule has 8 nitrogen and oxygen atoms in total. The first kappa shape index (κ1) is 28.5. The number of benzene rings is 2. The highest BCUT2D eigenvalue weighted by atomic mass is 16.4. The Balaban J connectivity index is 0.000000385. The molecule has 2 aromatic rings. The van der Waals surface area contributed by atoms with Crippen LogP contribution in [0.4, 0.5) is 0 Å². The van der Waals surface area contributed by atoms with Crippen molar-refractivity contribution in [1.29, 1.82) is 0 Å². The first-order chi connectivity index (χ1) is 16.2. The molecule has 4 N–H and O–H groups in total. The SMILES string of the molecule is C=NC(CCCc1ccccc1)CCCc1ccccc1.O=C(O)CC(O)(CC(=O)O)C(=O)O. The number of carbonyl (C=O) groups is 3. The van der Waals surface area contributed by atoms with Gasteiger partial charge in [-0.2, -0.15) is 0 Å². The van der Waals surface area contributed by atoms with Crippen LogP contribution in [0.3, 0.4) is 0 Å². The highest BCUT2D eigenvalue weighted by Crippen LogP contribution is 2.16. The summed E-state index contributed by atoms with van der Waals surface area (Å²) >= 11 is 0. The second kappa shape index (κ2) is 15.3. The minimum atomic E-state index is -2.74. The monoisotopic (exact) mass is 471 g/mol. The number of nitrogens with zero attached hydrogens (tertiary/aromatic N) is 1. The van der Waals surface area contributed by atoms with Crippen LogP contribution in [0.2, 0.25) is 0 Å². The Morgan fingerprint density at radius 3 is 1.44 bits per heavy atom. The van der Waals surface area contributed by atoms with Crippen molar-refractivity contribution in [2.24, 2.45) is 4.99 Å². The normalized spacial score (nSPS) is 10.8. The topological polar surface area (TPSA) is 144 Å². The minimum Gasteiger partial charge on any atom is -0.481 e. The molecule has 0 atom stereocenters. The van der Waals surface area contributed by atoms with Gasteiger partial charge in [-0.15, -0.1) is 0 Å². The maximum atomic E-state index is 10.3. The van der Waals surface area contributed by atoms with Crippen molar-refractivity contribution >= 4 is 24.6 Å². The average molecular weight is 472 g/mol.